The summed E-state index contributed by atoms with van der Waals surface area (Å²) in [6.45, 7) is 8.65. The van der Waals surface area contributed by atoms with Crippen LogP contribution < -0.4 is 5.56 Å². The van der Waals surface area contributed by atoms with Crippen molar-refractivity contribution in [1.29, 1.82) is 0 Å². The molecule has 0 bridgehead atoms. The fourth-order valence-electron chi connectivity index (χ4n) is 2.61. The van der Waals surface area contributed by atoms with E-state index in [-0.39, 0.29) is 12.1 Å². The number of aryl methyl sites for hydroxylation is 2. The average molecular weight is 357 g/mol. The maximum Gasteiger partial charge on any atom is 0.341 e. The third-order valence-corrected chi connectivity index (χ3v) is 3.74. The van der Waals surface area contributed by atoms with Crippen LogP contribution in [0.15, 0.2) is 35.3 Å². The highest BCUT2D eigenvalue weighted by atomic mass is 16.6. The van der Waals surface area contributed by atoms with Gasteiger partial charge in [-0.15, -0.1) is 0 Å². The van der Waals surface area contributed by atoms with E-state index in [4.69, 9.17) is 4.74 Å². The van der Waals surface area contributed by atoms with E-state index >= 15 is 0 Å². The number of benzene rings is 1. The molecule has 6 nitrogen and oxygen atoms in total. The van der Waals surface area contributed by atoms with Crippen LogP contribution in [0.1, 0.15) is 42.3 Å². The molecule has 0 spiro atoms. The predicted molar refractivity (Wildman–Crippen MR) is 98.4 cm³/mol. The van der Waals surface area contributed by atoms with E-state index in [1.165, 1.54) is 12.3 Å². The van der Waals surface area contributed by atoms with E-state index in [9.17, 15) is 19.5 Å². The number of carboxylic acids is 1. The SMILES string of the molecule is Cc1ccc(C)c(-c2cc(C(=O)O)c(=O)n(CC(=O)OC(C)(C)C)c2)c1. The van der Waals surface area contributed by atoms with Crippen LogP contribution in [0.25, 0.3) is 11.1 Å². The number of ether oxygens (including phenoxy) is 1. The normalized spacial score (nSPS) is 11.3. The first-order valence-corrected chi connectivity index (χ1v) is 8.25. The van der Waals surface area contributed by atoms with Gasteiger partial charge in [0.05, 0.1) is 0 Å². The fraction of sp³-hybridized carbons (Fsp3) is 0.350. The fourth-order valence-corrected chi connectivity index (χ4v) is 2.61. The number of carbonyl (C=O) groups is 2. The van der Waals surface area contributed by atoms with Gasteiger partial charge in [-0.25, -0.2) is 4.79 Å². The summed E-state index contributed by atoms with van der Waals surface area (Å²) in [5, 5.41) is 9.38. The van der Waals surface area contributed by atoms with Crippen molar-refractivity contribution in [2.45, 2.75) is 46.8 Å². The molecule has 2 aromatic rings. The number of aromatic carboxylic acids is 1. The Kier molecular flexibility index (Phi) is 5.35. The van der Waals surface area contributed by atoms with Crippen LogP contribution in [-0.4, -0.2) is 27.2 Å². The Balaban J connectivity index is 2.57. The monoisotopic (exact) mass is 357 g/mol. The summed E-state index contributed by atoms with van der Waals surface area (Å²) in [6, 6.07) is 7.14. The third-order valence-electron chi connectivity index (χ3n) is 3.74. The van der Waals surface area contributed by atoms with E-state index in [2.05, 4.69) is 0 Å². The molecule has 0 aliphatic rings. The van der Waals surface area contributed by atoms with Crippen molar-refractivity contribution in [1.82, 2.24) is 4.57 Å². The highest BCUT2D eigenvalue weighted by Gasteiger charge is 2.20. The summed E-state index contributed by atoms with van der Waals surface area (Å²) >= 11 is 0. The maximum absolute atomic E-state index is 12.4. The van der Waals surface area contributed by atoms with Gasteiger partial charge in [0.1, 0.15) is 17.7 Å². The van der Waals surface area contributed by atoms with Crippen molar-refractivity contribution < 1.29 is 19.4 Å². The summed E-state index contributed by atoms with van der Waals surface area (Å²) in [7, 11) is 0. The average Bonchev–Trinajstić information content (AvgIpc) is 2.49. The molecule has 1 heterocycles. The number of hydrogen-bond donors (Lipinski definition) is 1. The van der Waals surface area contributed by atoms with Crippen molar-refractivity contribution in [3.8, 4) is 11.1 Å². The second-order valence-corrected chi connectivity index (χ2v) is 7.29. The van der Waals surface area contributed by atoms with E-state index < -0.39 is 23.1 Å². The number of aromatic nitrogens is 1. The minimum atomic E-state index is -1.33. The third kappa shape index (κ3) is 4.59. The minimum absolute atomic E-state index is 0.352. The Hall–Kier alpha value is -2.89. The van der Waals surface area contributed by atoms with Gasteiger partial charge in [-0.3, -0.25) is 9.59 Å². The standard InChI is InChI=1S/C20H23NO5/c1-12-6-7-13(2)15(8-12)14-9-16(19(24)25)18(23)21(10-14)11-17(22)26-20(3,4)5/h6-10H,11H2,1-5H3,(H,24,25). The highest BCUT2D eigenvalue weighted by Crippen LogP contribution is 2.24. The van der Waals surface area contributed by atoms with Crippen LogP contribution >= 0.6 is 0 Å². The molecule has 0 fully saturated rings. The molecule has 1 aromatic heterocycles. The molecule has 0 aliphatic heterocycles. The second kappa shape index (κ2) is 7.15. The molecule has 0 saturated carbocycles. The smallest absolute Gasteiger partial charge is 0.341 e. The number of pyridine rings is 1. The van der Waals surface area contributed by atoms with E-state index in [0.29, 0.717) is 5.56 Å². The summed E-state index contributed by atoms with van der Waals surface area (Å²) in [5.74, 6) is -1.94. The predicted octanol–water partition coefficient (Wildman–Crippen LogP) is 3.17. The zero-order valence-corrected chi connectivity index (χ0v) is 15.6. The molecule has 0 amide bonds. The lowest BCUT2D eigenvalue weighted by Gasteiger charge is -2.20. The van der Waals surface area contributed by atoms with E-state index in [0.717, 1.165) is 21.3 Å². The van der Waals surface area contributed by atoms with Crippen LogP contribution in [-0.2, 0) is 16.1 Å². The van der Waals surface area contributed by atoms with Gasteiger partial charge in [-0.1, -0.05) is 23.8 Å². The first-order valence-electron chi connectivity index (χ1n) is 8.25. The zero-order chi connectivity index (χ0) is 19.6. The molecule has 1 aromatic carbocycles. The van der Waals surface area contributed by atoms with Gasteiger partial charge in [0.2, 0.25) is 0 Å². The van der Waals surface area contributed by atoms with Crippen LogP contribution in [0.2, 0.25) is 0 Å². The second-order valence-electron chi connectivity index (χ2n) is 7.29. The number of nitrogens with zero attached hydrogens (tertiary/aromatic N) is 1. The molecule has 0 radical (unpaired) electrons. The minimum Gasteiger partial charge on any atom is -0.477 e. The first-order chi connectivity index (χ1) is 12.0. The molecule has 26 heavy (non-hydrogen) atoms. The van der Waals surface area contributed by atoms with Crippen molar-refractivity contribution >= 4 is 11.9 Å². The largest absolute Gasteiger partial charge is 0.477 e. The van der Waals surface area contributed by atoms with Crippen molar-refractivity contribution in [2.75, 3.05) is 0 Å². The Morgan fingerprint density at radius 2 is 1.81 bits per heavy atom. The first kappa shape index (κ1) is 19.4. The zero-order valence-electron chi connectivity index (χ0n) is 15.6. The number of carboxylic acid groups (broad SMARTS) is 1. The van der Waals surface area contributed by atoms with Crippen molar-refractivity contribution in [3.63, 3.8) is 0 Å². The Morgan fingerprint density at radius 1 is 1.15 bits per heavy atom. The number of rotatable bonds is 4. The molecule has 0 unspecified atom stereocenters. The Morgan fingerprint density at radius 3 is 2.38 bits per heavy atom. The summed E-state index contributed by atoms with van der Waals surface area (Å²) in [5.41, 5.74) is 1.50. The van der Waals surface area contributed by atoms with Gasteiger partial charge < -0.3 is 14.4 Å². The summed E-state index contributed by atoms with van der Waals surface area (Å²) in [6.07, 6.45) is 1.50. The van der Waals surface area contributed by atoms with Crippen LogP contribution in [0.5, 0.6) is 0 Å². The Bertz CT molecular complexity index is 919. The van der Waals surface area contributed by atoms with Crippen molar-refractivity contribution in [2.24, 2.45) is 0 Å². The van der Waals surface area contributed by atoms with Gasteiger partial charge in [-0.05, 0) is 57.4 Å². The van der Waals surface area contributed by atoms with Crippen LogP contribution in [0.4, 0.5) is 0 Å². The van der Waals surface area contributed by atoms with Gasteiger partial charge in [0.25, 0.3) is 5.56 Å². The van der Waals surface area contributed by atoms with E-state index in [1.54, 1.807) is 20.8 Å². The number of hydrogen-bond acceptors (Lipinski definition) is 4. The molecule has 1 N–H and O–H groups in total. The summed E-state index contributed by atoms with van der Waals surface area (Å²) < 4.78 is 6.33. The number of esters is 1. The lowest BCUT2D eigenvalue weighted by molar-refractivity contribution is -0.155. The lowest BCUT2D eigenvalue weighted by Crippen LogP contribution is -2.32. The van der Waals surface area contributed by atoms with Gasteiger partial charge >= 0.3 is 11.9 Å². The molecule has 6 heteroatoms. The summed E-state index contributed by atoms with van der Waals surface area (Å²) in [4.78, 5) is 36.0. The molecule has 0 saturated heterocycles. The van der Waals surface area contributed by atoms with Gasteiger partial charge in [0.15, 0.2) is 0 Å². The number of carbonyl (C=O) groups excluding carboxylic acids is 1. The molecule has 138 valence electrons. The maximum atomic E-state index is 12.4. The molecule has 0 atom stereocenters. The topological polar surface area (TPSA) is 85.6 Å². The van der Waals surface area contributed by atoms with Crippen molar-refractivity contribution in [3.05, 3.63) is 57.5 Å². The lowest BCUT2D eigenvalue weighted by atomic mass is 9.98. The van der Waals surface area contributed by atoms with Gasteiger partial charge in [-0.2, -0.15) is 0 Å². The quantitative estimate of drug-likeness (QED) is 0.850. The molecular formula is C20H23NO5. The molecule has 0 aliphatic carbocycles. The molecular weight excluding hydrogens is 334 g/mol. The van der Waals surface area contributed by atoms with E-state index in [1.807, 2.05) is 32.0 Å². The highest BCUT2D eigenvalue weighted by molar-refractivity contribution is 5.89. The van der Waals surface area contributed by atoms with Gasteiger partial charge in [0, 0.05) is 6.20 Å². The van der Waals surface area contributed by atoms with Crippen LogP contribution in [0.3, 0.4) is 0 Å². The Labute approximate surface area is 152 Å². The van der Waals surface area contributed by atoms with Crippen LogP contribution in [0, 0.1) is 13.8 Å². The molecule has 2 rings (SSSR count).